The molecule has 0 bridgehead atoms. The van der Waals surface area contributed by atoms with Gasteiger partial charge in [0, 0.05) is 12.6 Å². The summed E-state index contributed by atoms with van der Waals surface area (Å²) < 4.78 is 0. The maximum Gasteiger partial charge on any atom is 0.00796 e. The zero-order chi connectivity index (χ0) is 10.6. The second-order valence-electron chi connectivity index (χ2n) is 5.51. The van der Waals surface area contributed by atoms with Gasteiger partial charge in [0.2, 0.25) is 0 Å². The lowest BCUT2D eigenvalue weighted by molar-refractivity contribution is 0.410. The zero-order valence-electron chi connectivity index (χ0n) is 10.1. The summed E-state index contributed by atoms with van der Waals surface area (Å²) in [5.41, 5.74) is 0.720. The average Bonchev–Trinajstić information content (AvgIpc) is 2.80. The molecule has 2 aliphatic rings. The lowest BCUT2D eigenvalue weighted by Gasteiger charge is -2.16. The van der Waals surface area contributed by atoms with E-state index in [0.29, 0.717) is 0 Å². The Morgan fingerprint density at radius 1 is 1.40 bits per heavy atom. The molecular weight excluding hydrogens is 184 g/mol. The Labute approximate surface area is 94.2 Å². The third-order valence-corrected chi connectivity index (χ3v) is 4.07. The van der Waals surface area contributed by atoms with Gasteiger partial charge in [-0.25, -0.2) is 0 Å². The fraction of sp³-hybridized carbons (Fsp3) is 1.00. The van der Waals surface area contributed by atoms with E-state index in [4.69, 9.17) is 0 Å². The van der Waals surface area contributed by atoms with E-state index in [9.17, 15) is 0 Å². The standard InChI is InChI=1S/C13H26N2/c1-2-6-13(7-8-13)11-14-10-5-12-4-3-9-15-12/h12,14-15H,2-11H2,1H3. The van der Waals surface area contributed by atoms with Gasteiger partial charge < -0.3 is 10.6 Å². The fourth-order valence-corrected chi connectivity index (χ4v) is 2.86. The molecule has 0 aromatic carbocycles. The average molecular weight is 210 g/mol. The van der Waals surface area contributed by atoms with Crippen LogP contribution in [0.5, 0.6) is 0 Å². The molecule has 0 amide bonds. The highest BCUT2D eigenvalue weighted by Crippen LogP contribution is 2.48. The van der Waals surface area contributed by atoms with Crippen LogP contribution in [0, 0.1) is 5.41 Å². The molecule has 2 fully saturated rings. The molecule has 1 saturated carbocycles. The normalized spacial score (nSPS) is 28.2. The van der Waals surface area contributed by atoms with Crippen LogP contribution in [0.2, 0.25) is 0 Å². The molecule has 0 aromatic heterocycles. The third-order valence-electron chi connectivity index (χ3n) is 4.07. The number of hydrogen-bond donors (Lipinski definition) is 2. The summed E-state index contributed by atoms with van der Waals surface area (Å²) in [5, 5.41) is 7.21. The Balaban J connectivity index is 1.51. The van der Waals surface area contributed by atoms with Crippen molar-refractivity contribution in [2.24, 2.45) is 5.41 Å². The molecule has 1 atom stereocenters. The predicted octanol–water partition coefficient (Wildman–Crippen LogP) is 2.30. The second-order valence-corrected chi connectivity index (χ2v) is 5.51. The summed E-state index contributed by atoms with van der Waals surface area (Å²) in [6, 6.07) is 0.804. The highest BCUT2D eigenvalue weighted by Gasteiger charge is 2.40. The van der Waals surface area contributed by atoms with Crippen LogP contribution in [-0.4, -0.2) is 25.7 Å². The van der Waals surface area contributed by atoms with E-state index < -0.39 is 0 Å². The van der Waals surface area contributed by atoms with E-state index in [2.05, 4.69) is 17.6 Å². The lowest BCUT2D eigenvalue weighted by atomic mass is 10.0. The zero-order valence-corrected chi connectivity index (χ0v) is 10.1. The Morgan fingerprint density at radius 3 is 2.87 bits per heavy atom. The van der Waals surface area contributed by atoms with Gasteiger partial charge >= 0.3 is 0 Å². The van der Waals surface area contributed by atoms with Gasteiger partial charge in [-0.05, 0) is 57.0 Å². The quantitative estimate of drug-likeness (QED) is 0.630. The minimum atomic E-state index is 0.720. The molecule has 15 heavy (non-hydrogen) atoms. The summed E-state index contributed by atoms with van der Waals surface area (Å²) in [7, 11) is 0. The van der Waals surface area contributed by atoms with Crippen molar-refractivity contribution in [1.29, 1.82) is 0 Å². The summed E-state index contributed by atoms with van der Waals surface area (Å²) in [4.78, 5) is 0. The molecule has 2 nitrogen and oxygen atoms in total. The number of rotatable bonds is 7. The van der Waals surface area contributed by atoms with Gasteiger partial charge in [-0.3, -0.25) is 0 Å². The van der Waals surface area contributed by atoms with Gasteiger partial charge in [0.15, 0.2) is 0 Å². The molecule has 1 aliphatic carbocycles. The summed E-state index contributed by atoms with van der Waals surface area (Å²) in [6.07, 6.45) is 9.81. The highest BCUT2D eigenvalue weighted by atomic mass is 15.0. The van der Waals surface area contributed by atoms with Crippen molar-refractivity contribution >= 4 is 0 Å². The van der Waals surface area contributed by atoms with Crippen LogP contribution in [-0.2, 0) is 0 Å². The smallest absolute Gasteiger partial charge is 0.00796 e. The summed E-state index contributed by atoms with van der Waals surface area (Å²) in [6.45, 7) is 6.03. The molecule has 0 radical (unpaired) electrons. The van der Waals surface area contributed by atoms with E-state index in [0.717, 1.165) is 11.5 Å². The molecule has 2 rings (SSSR count). The van der Waals surface area contributed by atoms with Gasteiger partial charge in [0.25, 0.3) is 0 Å². The predicted molar refractivity (Wildman–Crippen MR) is 65.1 cm³/mol. The van der Waals surface area contributed by atoms with Gasteiger partial charge in [0.05, 0.1) is 0 Å². The molecule has 0 aromatic rings. The van der Waals surface area contributed by atoms with E-state index >= 15 is 0 Å². The van der Waals surface area contributed by atoms with Crippen LogP contribution in [0.3, 0.4) is 0 Å². The molecule has 2 heteroatoms. The Kier molecular flexibility index (Phi) is 4.04. The van der Waals surface area contributed by atoms with Gasteiger partial charge in [0.1, 0.15) is 0 Å². The molecule has 1 heterocycles. The maximum atomic E-state index is 3.66. The number of nitrogens with one attached hydrogen (secondary N) is 2. The minimum Gasteiger partial charge on any atom is -0.316 e. The first-order valence-corrected chi connectivity index (χ1v) is 6.79. The van der Waals surface area contributed by atoms with Crippen LogP contribution in [0.4, 0.5) is 0 Å². The first-order valence-electron chi connectivity index (χ1n) is 6.79. The highest BCUT2D eigenvalue weighted by molar-refractivity contribution is 4.94. The topological polar surface area (TPSA) is 24.1 Å². The Hall–Kier alpha value is -0.0800. The van der Waals surface area contributed by atoms with Crippen molar-refractivity contribution in [2.75, 3.05) is 19.6 Å². The van der Waals surface area contributed by atoms with Crippen molar-refractivity contribution < 1.29 is 0 Å². The van der Waals surface area contributed by atoms with Crippen LogP contribution in [0.1, 0.15) is 51.9 Å². The van der Waals surface area contributed by atoms with Crippen LogP contribution in [0.25, 0.3) is 0 Å². The molecule has 88 valence electrons. The summed E-state index contributed by atoms with van der Waals surface area (Å²) in [5.74, 6) is 0. The van der Waals surface area contributed by atoms with Crippen molar-refractivity contribution in [3.63, 3.8) is 0 Å². The third kappa shape index (κ3) is 3.46. The lowest BCUT2D eigenvalue weighted by Crippen LogP contribution is -2.30. The maximum absolute atomic E-state index is 3.66. The molecule has 1 aliphatic heterocycles. The van der Waals surface area contributed by atoms with Crippen molar-refractivity contribution in [2.45, 2.75) is 57.9 Å². The first-order chi connectivity index (χ1) is 7.35. The fourth-order valence-electron chi connectivity index (χ4n) is 2.86. The molecule has 1 unspecified atom stereocenters. The molecule has 1 saturated heterocycles. The Bertz CT molecular complexity index is 181. The van der Waals surface area contributed by atoms with Gasteiger partial charge in [-0.2, -0.15) is 0 Å². The van der Waals surface area contributed by atoms with Crippen LogP contribution in [0.15, 0.2) is 0 Å². The van der Waals surface area contributed by atoms with Crippen LogP contribution < -0.4 is 10.6 Å². The number of hydrogen-bond acceptors (Lipinski definition) is 2. The van der Waals surface area contributed by atoms with Crippen molar-refractivity contribution in [1.82, 2.24) is 10.6 Å². The van der Waals surface area contributed by atoms with Gasteiger partial charge in [-0.1, -0.05) is 13.3 Å². The van der Waals surface area contributed by atoms with Gasteiger partial charge in [-0.15, -0.1) is 0 Å². The first kappa shape index (κ1) is 11.4. The van der Waals surface area contributed by atoms with E-state index in [1.807, 2.05) is 0 Å². The Morgan fingerprint density at radius 2 is 2.27 bits per heavy atom. The monoisotopic (exact) mass is 210 g/mol. The van der Waals surface area contributed by atoms with E-state index in [-0.39, 0.29) is 0 Å². The SMILES string of the molecule is CCCC1(CNCCC2CCCN2)CC1. The van der Waals surface area contributed by atoms with E-state index in [1.165, 1.54) is 64.6 Å². The minimum absolute atomic E-state index is 0.720. The van der Waals surface area contributed by atoms with Crippen molar-refractivity contribution in [3.8, 4) is 0 Å². The molecule has 0 spiro atoms. The largest absolute Gasteiger partial charge is 0.316 e. The molecular formula is C13H26N2. The second kappa shape index (κ2) is 5.31. The summed E-state index contributed by atoms with van der Waals surface area (Å²) >= 11 is 0. The van der Waals surface area contributed by atoms with E-state index in [1.54, 1.807) is 0 Å². The van der Waals surface area contributed by atoms with Crippen molar-refractivity contribution in [3.05, 3.63) is 0 Å². The van der Waals surface area contributed by atoms with Crippen LogP contribution >= 0.6 is 0 Å². The molecule has 2 N–H and O–H groups in total.